The molecule has 2 aliphatic rings. The van der Waals surface area contributed by atoms with Crippen molar-refractivity contribution in [2.45, 2.75) is 38.5 Å². The van der Waals surface area contributed by atoms with Gasteiger partial charge in [0.15, 0.2) is 0 Å². The molecule has 1 heterocycles. The van der Waals surface area contributed by atoms with Crippen LogP contribution in [-0.2, 0) is 0 Å². The third-order valence-electron chi connectivity index (χ3n) is 4.63. The van der Waals surface area contributed by atoms with Crippen LogP contribution in [0.15, 0.2) is 0 Å². The van der Waals surface area contributed by atoms with Gasteiger partial charge in [0.05, 0.1) is 0 Å². The Hall–Kier alpha value is -0.120. The van der Waals surface area contributed by atoms with Crippen LogP contribution in [0.5, 0.6) is 0 Å². The lowest BCUT2D eigenvalue weighted by Crippen LogP contribution is -2.34. The van der Waals surface area contributed by atoms with E-state index in [9.17, 15) is 5.11 Å². The third kappa shape index (κ3) is 2.41. The molecule has 0 radical (unpaired) electrons. The van der Waals surface area contributed by atoms with Crippen LogP contribution in [0.2, 0.25) is 0 Å². The summed E-state index contributed by atoms with van der Waals surface area (Å²) in [6, 6.07) is 0. The van der Waals surface area contributed by atoms with Crippen molar-refractivity contribution in [1.29, 1.82) is 0 Å². The van der Waals surface area contributed by atoms with E-state index in [1.807, 2.05) is 0 Å². The van der Waals surface area contributed by atoms with E-state index in [0.717, 1.165) is 26.1 Å². The Balaban J connectivity index is 1.95. The number of aliphatic hydroxyl groups excluding tert-OH is 1. The first kappa shape index (κ1) is 12.3. The fraction of sp³-hybridized carbons (Fsp3) is 1.00. The van der Waals surface area contributed by atoms with E-state index in [2.05, 4.69) is 4.90 Å². The van der Waals surface area contributed by atoms with Crippen LogP contribution in [0.3, 0.4) is 0 Å². The number of likely N-dealkylation sites (tertiary alicyclic amines) is 1. The summed E-state index contributed by atoms with van der Waals surface area (Å²) in [5.41, 5.74) is 6.01. The standard InChI is InChI=1S/C13H26N2O/c14-7-4-8-15-9-12(10-16)13(11-15)5-2-1-3-6-13/h12,16H,1-11,14H2/t12-/m0/s1. The lowest BCUT2D eigenvalue weighted by Gasteiger charge is -2.37. The van der Waals surface area contributed by atoms with Gasteiger partial charge in [0, 0.05) is 25.6 Å². The zero-order valence-corrected chi connectivity index (χ0v) is 10.3. The fourth-order valence-corrected chi connectivity index (χ4v) is 3.70. The number of hydrogen-bond donors (Lipinski definition) is 2. The van der Waals surface area contributed by atoms with E-state index in [0.29, 0.717) is 17.9 Å². The van der Waals surface area contributed by atoms with Crippen LogP contribution in [0, 0.1) is 11.3 Å². The summed E-state index contributed by atoms with van der Waals surface area (Å²) in [5, 5.41) is 9.58. The smallest absolute Gasteiger partial charge is 0.0477 e. The van der Waals surface area contributed by atoms with E-state index in [4.69, 9.17) is 5.73 Å². The van der Waals surface area contributed by atoms with Gasteiger partial charge in [0.2, 0.25) is 0 Å². The fourth-order valence-electron chi connectivity index (χ4n) is 3.70. The van der Waals surface area contributed by atoms with E-state index in [-0.39, 0.29) is 0 Å². The van der Waals surface area contributed by atoms with Gasteiger partial charge in [-0.15, -0.1) is 0 Å². The predicted molar refractivity (Wildman–Crippen MR) is 66.2 cm³/mol. The first-order valence-electron chi connectivity index (χ1n) is 6.84. The molecule has 0 aromatic heterocycles. The van der Waals surface area contributed by atoms with Crippen molar-refractivity contribution in [1.82, 2.24) is 4.90 Å². The molecule has 1 aliphatic heterocycles. The van der Waals surface area contributed by atoms with Crippen LogP contribution in [0.4, 0.5) is 0 Å². The van der Waals surface area contributed by atoms with Gasteiger partial charge in [-0.05, 0) is 37.8 Å². The highest BCUT2D eigenvalue weighted by atomic mass is 16.3. The summed E-state index contributed by atoms with van der Waals surface area (Å²) in [5.74, 6) is 0.519. The average molecular weight is 226 g/mol. The molecular formula is C13H26N2O. The molecule has 1 spiro atoms. The predicted octanol–water partition coefficient (Wildman–Crippen LogP) is 1.21. The molecule has 0 aromatic carbocycles. The third-order valence-corrected chi connectivity index (χ3v) is 4.63. The monoisotopic (exact) mass is 226 g/mol. The van der Waals surface area contributed by atoms with Gasteiger partial charge >= 0.3 is 0 Å². The largest absolute Gasteiger partial charge is 0.396 e. The first-order chi connectivity index (χ1) is 7.80. The maximum atomic E-state index is 9.58. The number of nitrogens with zero attached hydrogens (tertiary/aromatic N) is 1. The van der Waals surface area contributed by atoms with Crippen molar-refractivity contribution < 1.29 is 5.11 Å². The first-order valence-corrected chi connectivity index (χ1v) is 6.84. The minimum absolute atomic E-state index is 0.374. The zero-order chi connectivity index (χ0) is 11.4. The molecule has 16 heavy (non-hydrogen) atoms. The molecule has 0 aromatic rings. The van der Waals surface area contributed by atoms with Crippen LogP contribution < -0.4 is 5.73 Å². The van der Waals surface area contributed by atoms with Crippen molar-refractivity contribution in [2.75, 3.05) is 32.8 Å². The lowest BCUT2D eigenvalue weighted by atomic mass is 9.68. The Kier molecular flexibility index (Phi) is 4.22. The van der Waals surface area contributed by atoms with Crippen molar-refractivity contribution in [3.8, 4) is 0 Å². The van der Waals surface area contributed by atoms with E-state index < -0.39 is 0 Å². The van der Waals surface area contributed by atoms with Crippen molar-refractivity contribution in [3.63, 3.8) is 0 Å². The molecule has 1 saturated heterocycles. The van der Waals surface area contributed by atoms with Crippen LogP contribution in [0.1, 0.15) is 38.5 Å². The van der Waals surface area contributed by atoms with Crippen molar-refractivity contribution >= 4 is 0 Å². The Morgan fingerprint density at radius 2 is 2.00 bits per heavy atom. The van der Waals surface area contributed by atoms with E-state index in [1.165, 1.54) is 38.6 Å². The quantitative estimate of drug-likeness (QED) is 0.757. The molecule has 1 atom stereocenters. The molecule has 94 valence electrons. The summed E-state index contributed by atoms with van der Waals surface area (Å²) in [6.07, 6.45) is 7.87. The molecule has 2 fully saturated rings. The molecular weight excluding hydrogens is 200 g/mol. The maximum Gasteiger partial charge on any atom is 0.0477 e. The second-order valence-electron chi connectivity index (χ2n) is 5.68. The normalized spacial score (nSPS) is 30.0. The summed E-state index contributed by atoms with van der Waals surface area (Å²) in [6.45, 7) is 4.58. The minimum atomic E-state index is 0.374. The molecule has 3 N–H and O–H groups in total. The molecule has 0 unspecified atom stereocenters. The topological polar surface area (TPSA) is 49.5 Å². The van der Waals surface area contributed by atoms with E-state index >= 15 is 0 Å². The molecule has 2 rings (SSSR count). The second-order valence-corrected chi connectivity index (χ2v) is 5.68. The van der Waals surface area contributed by atoms with Crippen LogP contribution in [0.25, 0.3) is 0 Å². The molecule has 3 heteroatoms. The lowest BCUT2D eigenvalue weighted by molar-refractivity contribution is 0.0916. The molecule has 0 amide bonds. The van der Waals surface area contributed by atoms with Crippen LogP contribution >= 0.6 is 0 Å². The van der Waals surface area contributed by atoms with Crippen molar-refractivity contribution in [3.05, 3.63) is 0 Å². The Morgan fingerprint density at radius 1 is 1.25 bits per heavy atom. The number of nitrogens with two attached hydrogens (primary N) is 1. The number of rotatable bonds is 4. The van der Waals surface area contributed by atoms with Gasteiger partial charge in [-0.25, -0.2) is 0 Å². The number of aliphatic hydroxyl groups is 1. The highest BCUT2D eigenvalue weighted by Gasteiger charge is 2.45. The summed E-state index contributed by atoms with van der Waals surface area (Å²) >= 11 is 0. The highest BCUT2D eigenvalue weighted by molar-refractivity contribution is 4.97. The van der Waals surface area contributed by atoms with E-state index in [1.54, 1.807) is 0 Å². The summed E-state index contributed by atoms with van der Waals surface area (Å²) in [4.78, 5) is 2.53. The van der Waals surface area contributed by atoms with Gasteiger partial charge in [-0.3, -0.25) is 0 Å². The SMILES string of the molecule is NCCCN1C[C@@H](CO)C2(CCCCC2)C1. The molecule has 1 saturated carbocycles. The summed E-state index contributed by atoms with van der Waals surface area (Å²) in [7, 11) is 0. The number of hydrogen-bond acceptors (Lipinski definition) is 3. The average Bonchev–Trinajstić information content (AvgIpc) is 2.65. The minimum Gasteiger partial charge on any atom is -0.396 e. The summed E-state index contributed by atoms with van der Waals surface area (Å²) < 4.78 is 0. The molecule has 1 aliphatic carbocycles. The van der Waals surface area contributed by atoms with Gasteiger partial charge in [-0.1, -0.05) is 19.3 Å². The maximum absolute atomic E-state index is 9.58. The molecule has 3 nitrogen and oxygen atoms in total. The van der Waals surface area contributed by atoms with Crippen LogP contribution in [-0.4, -0.2) is 42.8 Å². The zero-order valence-electron chi connectivity index (χ0n) is 10.3. The molecule has 0 bridgehead atoms. The Morgan fingerprint density at radius 3 is 2.62 bits per heavy atom. The van der Waals surface area contributed by atoms with Crippen molar-refractivity contribution in [2.24, 2.45) is 17.1 Å². The second kappa shape index (κ2) is 5.48. The Bertz CT molecular complexity index is 214. The van der Waals surface area contributed by atoms with Gasteiger partial charge in [0.1, 0.15) is 0 Å². The van der Waals surface area contributed by atoms with Gasteiger partial charge in [0.25, 0.3) is 0 Å². The van der Waals surface area contributed by atoms with Gasteiger partial charge < -0.3 is 15.7 Å². The Labute approximate surface area is 99.0 Å². The van der Waals surface area contributed by atoms with Gasteiger partial charge in [-0.2, -0.15) is 0 Å². The highest BCUT2D eigenvalue weighted by Crippen LogP contribution is 2.47.